The maximum Gasteiger partial charge on any atom is 0.0141 e. The first-order valence-electron chi connectivity index (χ1n) is 7.90. The van der Waals surface area contributed by atoms with E-state index in [-0.39, 0.29) is 0 Å². The van der Waals surface area contributed by atoms with Gasteiger partial charge >= 0.3 is 0 Å². The lowest BCUT2D eigenvalue weighted by Gasteiger charge is -2.09. The predicted molar refractivity (Wildman–Crippen MR) is 97.7 cm³/mol. The van der Waals surface area contributed by atoms with Gasteiger partial charge in [0.25, 0.3) is 0 Å². The minimum atomic E-state index is 0.986. The molecule has 2 aromatic carbocycles. The van der Waals surface area contributed by atoms with Gasteiger partial charge in [-0.3, -0.25) is 0 Å². The molecule has 1 heteroatoms. The molecule has 0 bridgehead atoms. The van der Waals surface area contributed by atoms with Crippen molar-refractivity contribution in [1.29, 1.82) is 0 Å². The molecule has 0 saturated carbocycles. The number of unbranched alkanes of at least 4 members (excludes halogenated alkanes) is 1. The number of rotatable bonds is 8. The molecule has 2 aromatic rings. The zero-order valence-corrected chi connectivity index (χ0v) is 13.4. The second-order valence-electron chi connectivity index (χ2n) is 5.67. The molecule has 114 valence electrons. The van der Waals surface area contributed by atoms with Crippen molar-refractivity contribution in [2.45, 2.75) is 26.2 Å². The van der Waals surface area contributed by atoms with E-state index >= 15 is 0 Å². The van der Waals surface area contributed by atoms with E-state index in [1.54, 1.807) is 6.20 Å². The van der Waals surface area contributed by atoms with Crippen LogP contribution >= 0.6 is 0 Å². The first-order chi connectivity index (χ1) is 10.7. The number of benzene rings is 2. The Balaban J connectivity index is 2.02. The van der Waals surface area contributed by atoms with Gasteiger partial charge in [0.1, 0.15) is 0 Å². The van der Waals surface area contributed by atoms with Crippen LogP contribution in [0.15, 0.2) is 67.9 Å². The fourth-order valence-electron chi connectivity index (χ4n) is 2.56. The second kappa shape index (κ2) is 8.23. The summed E-state index contributed by atoms with van der Waals surface area (Å²) in [5, 5.41) is 3.13. The first-order valence-corrected chi connectivity index (χ1v) is 7.90. The summed E-state index contributed by atoms with van der Waals surface area (Å²) in [6.45, 7) is 11.0. The number of hydrogen-bond donors (Lipinski definition) is 1. The molecule has 1 nitrogen and oxygen atoms in total. The minimum absolute atomic E-state index is 0.986. The number of aryl methyl sites for hydroxylation is 1. The van der Waals surface area contributed by atoms with Gasteiger partial charge in [-0.2, -0.15) is 0 Å². The molecule has 0 unspecified atom stereocenters. The Morgan fingerprint density at radius 1 is 1.05 bits per heavy atom. The van der Waals surface area contributed by atoms with Crippen LogP contribution in [0.25, 0.3) is 16.7 Å². The van der Waals surface area contributed by atoms with Crippen molar-refractivity contribution >= 4 is 5.57 Å². The van der Waals surface area contributed by atoms with Crippen molar-refractivity contribution < 1.29 is 0 Å². The summed E-state index contributed by atoms with van der Waals surface area (Å²) in [4.78, 5) is 0. The standard InChI is InChI=1S/C21H25N/c1-4-22-14-6-5-10-18(3)19-11-8-13-21(16-19)20-12-7-9-17(2)15-20/h4,7-9,11-13,15-16,22H,1,3,5-6,10,14H2,2H3. The summed E-state index contributed by atoms with van der Waals surface area (Å²) in [5.74, 6) is 0. The van der Waals surface area contributed by atoms with E-state index in [0.29, 0.717) is 0 Å². The van der Waals surface area contributed by atoms with Gasteiger partial charge in [-0.15, -0.1) is 0 Å². The monoisotopic (exact) mass is 291 g/mol. The predicted octanol–water partition coefficient (Wildman–Crippen LogP) is 5.58. The molecule has 0 radical (unpaired) electrons. The summed E-state index contributed by atoms with van der Waals surface area (Å²) in [5.41, 5.74) is 6.28. The molecule has 0 aliphatic heterocycles. The second-order valence-corrected chi connectivity index (χ2v) is 5.67. The Bertz CT molecular complexity index is 640. The van der Waals surface area contributed by atoms with Crippen molar-refractivity contribution in [2.75, 3.05) is 6.54 Å². The SMILES string of the molecule is C=CNCCCCC(=C)c1cccc(-c2cccc(C)c2)c1. The van der Waals surface area contributed by atoms with E-state index < -0.39 is 0 Å². The van der Waals surface area contributed by atoms with Crippen molar-refractivity contribution in [1.82, 2.24) is 5.32 Å². The van der Waals surface area contributed by atoms with Gasteiger partial charge in [-0.05, 0) is 60.7 Å². The number of nitrogens with one attached hydrogen (secondary N) is 1. The van der Waals surface area contributed by atoms with Gasteiger partial charge in [-0.1, -0.05) is 61.2 Å². The van der Waals surface area contributed by atoms with Crippen molar-refractivity contribution in [3.05, 3.63) is 79.0 Å². The van der Waals surface area contributed by atoms with Crippen molar-refractivity contribution in [3.8, 4) is 11.1 Å². The van der Waals surface area contributed by atoms with Crippen LogP contribution < -0.4 is 5.32 Å². The number of allylic oxidation sites excluding steroid dienone is 1. The van der Waals surface area contributed by atoms with Gasteiger partial charge in [0.05, 0.1) is 0 Å². The molecule has 1 N–H and O–H groups in total. The lowest BCUT2D eigenvalue weighted by molar-refractivity contribution is 0.710. The quantitative estimate of drug-likeness (QED) is 0.626. The minimum Gasteiger partial charge on any atom is -0.391 e. The number of hydrogen-bond acceptors (Lipinski definition) is 1. The van der Waals surface area contributed by atoms with Gasteiger partial charge in [0.2, 0.25) is 0 Å². The fraction of sp³-hybridized carbons (Fsp3) is 0.238. The van der Waals surface area contributed by atoms with Gasteiger partial charge in [0, 0.05) is 6.54 Å². The third kappa shape index (κ3) is 4.63. The fourth-order valence-corrected chi connectivity index (χ4v) is 2.56. The van der Waals surface area contributed by atoms with Crippen LogP contribution in [0.5, 0.6) is 0 Å². The molecule has 0 heterocycles. The average molecular weight is 291 g/mol. The van der Waals surface area contributed by atoms with E-state index in [9.17, 15) is 0 Å². The Morgan fingerprint density at radius 2 is 1.77 bits per heavy atom. The van der Waals surface area contributed by atoms with Crippen LogP contribution in [0.4, 0.5) is 0 Å². The maximum absolute atomic E-state index is 4.25. The van der Waals surface area contributed by atoms with E-state index in [2.05, 4.69) is 73.9 Å². The Labute approximate surface area is 134 Å². The van der Waals surface area contributed by atoms with Crippen molar-refractivity contribution in [2.24, 2.45) is 0 Å². The van der Waals surface area contributed by atoms with Gasteiger partial charge in [0.15, 0.2) is 0 Å². The zero-order chi connectivity index (χ0) is 15.8. The first kappa shape index (κ1) is 16.1. The topological polar surface area (TPSA) is 12.0 Å². The molecule has 0 aliphatic carbocycles. The van der Waals surface area contributed by atoms with E-state index in [1.165, 1.54) is 27.8 Å². The van der Waals surface area contributed by atoms with Crippen LogP contribution in [0.2, 0.25) is 0 Å². The lowest BCUT2D eigenvalue weighted by Crippen LogP contribution is -2.05. The van der Waals surface area contributed by atoms with E-state index in [4.69, 9.17) is 0 Å². The van der Waals surface area contributed by atoms with Crippen LogP contribution in [-0.4, -0.2) is 6.54 Å². The normalized spacial score (nSPS) is 10.2. The van der Waals surface area contributed by atoms with Crippen molar-refractivity contribution in [3.63, 3.8) is 0 Å². The van der Waals surface area contributed by atoms with Gasteiger partial charge in [-0.25, -0.2) is 0 Å². The molecular weight excluding hydrogens is 266 g/mol. The third-order valence-corrected chi connectivity index (χ3v) is 3.82. The summed E-state index contributed by atoms with van der Waals surface area (Å²) >= 11 is 0. The molecule has 0 amide bonds. The third-order valence-electron chi connectivity index (χ3n) is 3.82. The highest BCUT2D eigenvalue weighted by molar-refractivity contribution is 5.72. The van der Waals surface area contributed by atoms with E-state index in [0.717, 1.165) is 25.8 Å². The van der Waals surface area contributed by atoms with Gasteiger partial charge < -0.3 is 5.32 Å². The lowest BCUT2D eigenvalue weighted by atomic mass is 9.96. The maximum atomic E-state index is 4.25. The summed E-state index contributed by atoms with van der Waals surface area (Å²) in [6.07, 6.45) is 5.08. The molecule has 22 heavy (non-hydrogen) atoms. The molecule has 0 fully saturated rings. The average Bonchev–Trinajstić information content (AvgIpc) is 2.54. The van der Waals surface area contributed by atoms with Crippen LogP contribution in [0.3, 0.4) is 0 Å². The molecule has 0 spiro atoms. The molecule has 2 rings (SSSR count). The molecule has 0 aliphatic rings. The summed E-state index contributed by atoms with van der Waals surface area (Å²) in [6, 6.07) is 17.3. The Morgan fingerprint density at radius 3 is 2.50 bits per heavy atom. The van der Waals surface area contributed by atoms with Crippen LogP contribution in [0, 0.1) is 6.92 Å². The summed E-state index contributed by atoms with van der Waals surface area (Å²) < 4.78 is 0. The van der Waals surface area contributed by atoms with E-state index in [1.807, 2.05) is 0 Å². The highest BCUT2D eigenvalue weighted by Gasteiger charge is 2.03. The molecule has 0 saturated heterocycles. The zero-order valence-electron chi connectivity index (χ0n) is 13.4. The Hall–Kier alpha value is -2.28. The molecular formula is C21H25N. The molecule has 0 aromatic heterocycles. The van der Waals surface area contributed by atoms with Crippen LogP contribution in [-0.2, 0) is 0 Å². The smallest absolute Gasteiger partial charge is 0.0141 e. The largest absolute Gasteiger partial charge is 0.391 e. The van der Waals surface area contributed by atoms with Crippen LogP contribution in [0.1, 0.15) is 30.4 Å². The Kier molecular flexibility index (Phi) is 6.02. The highest BCUT2D eigenvalue weighted by atomic mass is 14.8. The molecule has 0 atom stereocenters. The summed E-state index contributed by atoms with van der Waals surface area (Å²) in [7, 11) is 0. The highest BCUT2D eigenvalue weighted by Crippen LogP contribution is 2.26.